The molecule has 1 atom stereocenters. The first-order valence-electron chi connectivity index (χ1n) is 5.78. The van der Waals surface area contributed by atoms with Crippen LogP contribution >= 0.6 is 0 Å². The molecule has 1 aromatic rings. The average molecular weight is 254 g/mol. The monoisotopic (exact) mass is 254 g/mol. The molecule has 0 heterocycles. The number of hydrogen-bond donors (Lipinski definition) is 2. The van der Waals surface area contributed by atoms with Gasteiger partial charge in [0.05, 0.1) is 6.10 Å². The van der Waals surface area contributed by atoms with Gasteiger partial charge < -0.3 is 19.7 Å². The molecule has 1 unspecified atom stereocenters. The summed E-state index contributed by atoms with van der Waals surface area (Å²) in [5.41, 5.74) is 0.613. The molecule has 0 saturated carbocycles. The van der Waals surface area contributed by atoms with Gasteiger partial charge in [-0.1, -0.05) is 13.3 Å². The van der Waals surface area contributed by atoms with Crippen molar-refractivity contribution in [3.8, 4) is 11.5 Å². The molecule has 1 aromatic carbocycles. The predicted octanol–water partition coefficient (Wildman–Crippen LogP) is 2.34. The van der Waals surface area contributed by atoms with Gasteiger partial charge in [0.15, 0.2) is 6.61 Å². The smallest absolute Gasteiger partial charge is 0.341 e. The maximum atomic E-state index is 10.4. The van der Waals surface area contributed by atoms with Gasteiger partial charge in [0.1, 0.15) is 11.5 Å². The number of carboxylic acids is 1. The summed E-state index contributed by atoms with van der Waals surface area (Å²) < 4.78 is 10.4. The van der Waals surface area contributed by atoms with Gasteiger partial charge in [-0.15, -0.1) is 0 Å². The van der Waals surface area contributed by atoms with E-state index in [2.05, 4.69) is 0 Å². The molecule has 0 amide bonds. The zero-order chi connectivity index (χ0) is 13.5. The maximum Gasteiger partial charge on any atom is 0.341 e. The summed E-state index contributed by atoms with van der Waals surface area (Å²) in [7, 11) is 1.57. The molecule has 0 aromatic heterocycles. The van der Waals surface area contributed by atoms with Crippen molar-refractivity contribution >= 4 is 5.97 Å². The van der Waals surface area contributed by atoms with Gasteiger partial charge in [-0.25, -0.2) is 4.79 Å². The van der Waals surface area contributed by atoms with Crippen LogP contribution in [-0.2, 0) is 9.53 Å². The lowest BCUT2D eigenvalue weighted by Gasteiger charge is -2.17. The second kappa shape index (κ2) is 6.86. The van der Waals surface area contributed by atoms with Crippen LogP contribution in [0.1, 0.15) is 31.4 Å². The van der Waals surface area contributed by atoms with Gasteiger partial charge in [0.2, 0.25) is 0 Å². The molecule has 0 saturated heterocycles. The molecule has 0 aliphatic carbocycles. The normalized spacial score (nSPS) is 12.1. The van der Waals surface area contributed by atoms with Crippen molar-refractivity contribution in [1.29, 1.82) is 0 Å². The minimum absolute atomic E-state index is 0.123. The topological polar surface area (TPSA) is 76.0 Å². The first-order valence-corrected chi connectivity index (χ1v) is 5.78. The zero-order valence-electron chi connectivity index (χ0n) is 10.5. The molecular formula is C13H18O5. The third-order valence-electron chi connectivity index (χ3n) is 2.54. The van der Waals surface area contributed by atoms with Crippen LogP contribution in [0.15, 0.2) is 18.2 Å². The van der Waals surface area contributed by atoms with E-state index in [1.807, 2.05) is 6.92 Å². The molecule has 0 aliphatic heterocycles. The standard InChI is InChI=1S/C13H18O5/c1-3-4-12(17-2)10-7-9(5-6-11(10)14)18-8-13(15)16/h5-7,12,14H,3-4,8H2,1-2H3,(H,15,16). The highest BCUT2D eigenvalue weighted by atomic mass is 16.5. The lowest BCUT2D eigenvalue weighted by atomic mass is 10.0. The van der Waals surface area contributed by atoms with Crippen molar-refractivity contribution in [2.45, 2.75) is 25.9 Å². The fourth-order valence-electron chi connectivity index (χ4n) is 1.69. The van der Waals surface area contributed by atoms with Crippen LogP contribution < -0.4 is 4.74 Å². The predicted molar refractivity (Wildman–Crippen MR) is 65.9 cm³/mol. The number of carboxylic acid groups (broad SMARTS) is 1. The third-order valence-corrected chi connectivity index (χ3v) is 2.54. The third kappa shape index (κ3) is 3.92. The Morgan fingerprint density at radius 1 is 1.44 bits per heavy atom. The van der Waals surface area contributed by atoms with Crippen LogP contribution in [0, 0.1) is 0 Å². The Morgan fingerprint density at radius 2 is 2.17 bits per heavy atom. The second-order valence-electron chi connectivity index (χ2n) is 3.92. The summed E-state index contributed by atoms with van der Waals surface area (Å²) in [6.07, 6.45) is 1.47. The fourth-order valence-corrected chi connectivity index (χ4v) is 1.69. The minimum atomic E-state index is -1.04. The Labute approximate surface area is 106 Å². The Kier molecular flexibility index (Phi) is 5.45. The number of ether oxygens (including phenoxy) is 2. The highest BCUT2D eigenvalue weighted by Gasteiger charge is 2.15. The molecule has 100 valence electrons. The number of hydrogen-bond acceptors (Lipinski definition) is 4. The Bertz CT molecular complexity index is 402. The van der Waals surface area contributed by atoms with E-state index in [-0.39, 0.29) is 11.9 Å². The average Bonchev–Trinajstić information content (AvgIpc) is 2.35. The molecule has 0 aliphatic rings. The van der Waals surface area contributed by atoms with E-state index in [4.69, 9.17) is 14.6 Å². The molecule has 5 nitrogen and oxygen atoms in total. The van der Waals surface area contributed by atoms with Crippen molar-refractivity contribution in [3.05, 3.63) is 23.8 Å². The van der Waals surface area contributed by atoms with E-state index in [9.17, 15) is 9.90 Å². The highest BCUT2D eigenvalue weighted by molar-refractivity contribution is 5.68. The van der Waals surface area contributed by atoms with Crippen molar-refractivity contribution in [2.24, 2.45) is 0 Å². The van der Waals surface area contributed by atoms with E-state index in [0.717, 1.165) is 12.8 Å². The number of benzene rings is 1. The zero-order valence-corrected chi connectivity index (χ0v) is 10.5. The number of phenols is 1. The summed E-state index contributed by atoms with van der Waals surface area (Å²) in [6, 6.07) is 4.62. The molecule has 5 heteroatoms. The fraction of sp³-hybridized carbons (Fsp3) is 0.462. The van der Waals surface area contributed by atoms with Gasteiger partial charge in [0.25, 0.3) is 0 Å². The van der Waals surface area contributed by atoms with Gasteiger partial charge in [-0.2, -0.15) is 0 Å². The Morgan fingerprint density at radius 3 is 2.72 bits per heavy atom. The molecule has 0 radical (unpaired) electrons. The number of aromatic hydroxyl groups is 1. The Hall–Kier alpha value is -1.75. The van der Waals surface area contributed by atoms with Crippen LogP contribution in [0.4, 0.5) is 0 Å². The van der Waals surface area contributed by atoms with Crippen LogP contribution in [0.2, 0.25) is 0 Å². The van der Waals surface area contributed by atoms with Crippen LogP contribution in [0.3, 0.4) is 0 Å². The van der Waals surface area contributed by atoms with Gasteiger partial charge in [-0.3, -0.25) is 0 Å². The summed E-state index contributed by atoms with van der Waals surface area (Å²) in [6.45, 7) is 1.61. The molecule has 0 spiro atoms. The van der Waals surface area contributed by atoms with Gasteiger partial charge >= 0.3 is 5.97 Å². The molecule has 2 N–H and O–H groups in total. The van der Waals surface area contributed by atoms with E-state index < -0.39 is 12.6 Å². The first kappa shape index (κ1) is 14.3. The lowest BCUT2D eigenvalue weighted by molar-refractivity contribution is -0.139. The quantitative estimate of drug-likeness (QED) is 0.781. The molecular weight excluding hydrogens is 236 g/mol. The number of carbonyl (C=O) groups is 1. The van der Waals surface area contributed by atoms with Crippen molar-refractivity contribution < 1.29 is 24.5 Å². The molecule has 0 bridgehead atoms. The number of phenolic OH excluding ortho intramolecular Hbond substituents is 1. The minimum Gasteiger partial charge on any atom is -0.508 e. The summed E-state index contributed by atoms with van der Waals surface area (Å²) in [5, 5.41) is 18.3. The number of methoxy groups -OCH3 is 1. The number of rotatable bonds is 7. The number of aliphatic carboxylic acids is 1. The van der Waals surface area contributed by atoms with Crippen LogP contribution in [0.5, 0.6) is 11.5 Å². The van der Waals surface area contributed by atoms with Crippen molar-refractivity contribution in [1.82, 2.24) is 0 Å². The maximum absolute atomic E-state index is 10.4. The van der Waals surface area contributed by atoms with E-state index >= 15 is 0 Å². The van der Waals surface area contributed by atoms with E-state index in [1.54, 1.807) is 13.2 Å². The largest absolute Gasteiger partial charge is 0.508 e. The second-order valence-corrected chi connectivity index (χ2v) is 3.92. The van der Waals surface area contributed by atoms with Crippen LogP contribution in [-0.4, -0.2) is 29.9 Å². The molecule has 0 fully saturated rings. The lowest BCUT2D eigenvalue weighted by Crippen LogP contribution is -2.10. The van der Waals surface area contributed by atoms with E-state index in [0.29, 0.717) is 11.3 Å². The first-order chi connectivity index (χ1) is 8.58. The van der Waals surface area contributed by atoms with Crippen molar-refractivity contribution in [3.63, 3.8) is 0 Å². The summed E-state index contributed by atoms with van der Waals surface area (Å²) in [5.74, 6) is -0.511. The molecule has 18 heavy (non-hydrogen) atoms. The van der Waals surface area contributed by atoms with E-state index in [1.165, 1.54) is 12.1 Å². The Balaban J connectivity index is 2.88. The summed E-state index contributed by atoms with van der Waals surface area (Å²) in [4.78, 5) is 10.4. The van der Waals surface area contributed by atoms with Crippen LogP contribution in [0.25, 0.3) is 0 Å². The van der Waals surface area contributed by atoms with Crippen molar-refractivity contribution in [2.75, 3.05) is 13.7 Å². The molecule has 1 rings (SSSR count). The highest BCUT2D eigenvalue weighted by Crippen LogP contribution is 2.32. The SMILES string of the molecule is CCCC(OC)c1cc(OCC(=O)O)ccc1O. The van der Waals surface area contributed by atoms with Gasteiger partial charge in [-0.05, 0) is 24.6 Å². The van der Waals surface area contributed by atoms with Gasteiger partial charge in [0, 0.05) is 12.7 Å². The summed E-state index contributed by atoms with van der Waals surface area (Å²) >= 11 is 0.